The van der Waals surface area contributed by atoms with Gasteiger partial charge in [-0.1, -0.05) is 37.3 Å². The Kier molecular flexibility index (Phi) is 3.26. The predicted octanol–water partition coefficient (Wildman–Crippen LogP) is 2.32. The first-order valence-electron chi connectivity index (χ1n) is 4.16. The zero-order valence-electron chi connectivity index (χ0n) is 7.47. The van der Waals surface area contributed by atoms with Crippen molar-refractivity contribution in [2.75, 3.05) is 0 Å². The van der Waals surface area contributed by atoms with E-state index in [-0.39, 0.29) is 0 Å². The van der Waals surface area contributed by atoms with Crippen molar-refractivity contribution in [1.82, 2.24) is 0 Å². The van der Waals surface area contributed by atoms with Gasteiger partial charge in [0.15, 0.2) is 0 Å². The molecule has 0 radical (unpaired) electrons. The number of allylic oxidation sites excluding steroid dienone is 7. The molecule has 0 heterocycles. The molecular weight excluding hydrogens is 164 g/mol. The van der Waals surface area contributed by atoms with Crippen molar-refractivity contribution in [3.63, 3.8) is 0 Å². The first-order valence-corrected chi connectivity index (χ1v) is 4.16. The van der Waals surface area contributed by atoms with Gasteiger partial charge in [-0.3, -0.25) is 0 Å². The van der Waals surface area contributed by atoms with E-state index >= 15 is 0 Å². The van der Waals surface area contributed by atoms with E-state index in [2.05, 4.69) is 13.0 Å². The summed E-state index contributed by atoms with van der Waals surface area (Å²) in [6, 6.07) is 0. The summed E-state index contributed by atoms with van der Waals surface area (Å²) in [4.78, 5) is 10.2. The van der Waals surface area contributed by atoms with Crippen LogP contribution in [0.1, 0.15) is 6.92 Å². The molecule has 2 nitrogen and oxygen atoms in total. The van der Waals surface area contributed by atoms with Gasteiger partial charge in [0, 0.05) is 6.08 Å². The Morgan fingerprint density at radius 2 is 2.31 bits per heavy atom. The standard InChI is InChI=1S/C11H12O2/c1-9-3-2-4-10(6-5-9)7-8-11(12)13/h2-9H,1H3,(H,12,13)/b8-7+. The van der Waals surface area contributed by atoms with Gasteiger partial charge in [0.2, 0.25) is 0 Å². The number of hydrogen-bond donors (Lipinski definition) is 1. The highest BCUT2D eigenvalue weighted by molar-refractivity contribution is 5.80. The number of carbonyl (C=O) groups is 1. The predicted molar refractivity (Wildman–Crippen MR) is 52.3 cm³/mol. The molecular formula is C11H12O2. The van der Waals surface area contributed by atoms with Crippen LogP contribution in [0.25, 0.3) is 0 Å². The highest BCUT2D eigenvalue weighted by Crippen LogP contribution is 2.10. The van der Waals surface area contributed by atoms with Gasteiger partial charge < -0.3 is 5.11 Å². The molecule has 0 aromatic carbocycles. The molecule has 0 saturated heterocycles. The molecule has 0 aromatic heterocycles. The molecule has 68 valence electrons. The summed E-state index contributed by atoms with van der Waals surface area (Å²) >= 11 is 0. The van der Waals surface area contributed by atoms with Gasteiger partial charge >= 0.3 is 5.97 Å². The maximum atomic E-state index is 10.2. The third-order valence-corrected chi connectivity index (χ3v) is 1.71. The first kappa shape index (κ1) is 9.52. The monoisotopic (exact) mass is 176 g/mol. The minimum absolute atomic E-state index is 0.409. The minimum atomic E-state index is -0.921. The van der Waals surface area contributed by atoms with Crippen LogP contribution in [0, 0.1) is 5.92 Å². The van der Waals surface area contributed by atoms with Gasteiger partial charge in [-0.15, -0.1) is 0 Å². The van der Waals surface area contributed by atoms with Crippen LogP contribution in [0.15, 0.2) is 48.1 Å². The summed E-state index contributed by atoms with van der Waals surface area (Å²) in [5.41, 5.74) is 0.906. The van der Waals surface area contributed by atoms with E-state index in [0.29, 0.717) is 5.92 Å². The van der Waals surface area contributed by atoms with Crippen LogP contribution in [-0.4, -0.2) is 11.1 Å². The summed E-state index contributed by atoms with van der Waals surface area (Å²) in [6.45, 7) is 2.07. The van der Waals surface area contributed by atoms with E-state index < -0.39 is 5.97 Å². The van der Waals surface area contributed by atoms with E-state index in [1.807, 2.05) is 24.3 Å². The van der Waals surface area contributed by atoms with E-state index in [9.17, 15) is 4.79 Å². The molecule has 0 aromatic rings. The second kappa shape index (κ2) is 4.45. The third-order valence-electron chi connectivity index (χ3n) is 1.71. The number of hydrogen-bond acceptors (Lipinski definition) is 1. The van der Waals surface area contributed by atoms with Crippen molar-refractivity contribution in [3.05, 3.63) is 48.1 Å². The Morgan fingerprint density at radius 1 is 1.54 bits per heavy atom. The molecule has 1 atom stereocenters. The Hall–Kier alpha value is -1.57. The molecule has 1 rings (SSSR count). The second-order valence-electron chi connectivity index (χ2n) is 2.94. The summed E-state index contributed by atoms with van der Waals surface area (Å²) < 4.78 is 0. The maximum absolute atomic E-state index is 10.2. The molecule has 0 fully saturated rings. The van der Waals surface area contributed by atoms with Crippen molar-refractivity contribution in [1.29, 1.82) is 0 Å². The van der Waals surface area contributed by atoms with Crippen LogP contribution in [0.4, 0.5) is 0 Å². The van der Waals surface area contributed by atoms with Crippen molar-refractivity contribution in [2.45, 2.75) is 6.92 Å². The normalized spacial score (nSPS) is 21.6. The zero-order valence-corrected chi connectivity index (χ0v) is 7.47. The van der Waals surface area contributed by atoms with Gasteiger partial charge in [0.25, 0.3) is 0 Å². The van der Waals surface area contributed by atoms with Gasteiger partial charge in [0.05, 0.1) is 0 Å². The lowest BCUT2D eigenvalue weighted by Gasteiger charge is -1.92. The Bertz CT molecular complexity index is 306. The second-order valence-corrected chi connectivity index (χ2v) is 2.94. The highest BCUT2D eigenvalue weighted by Gasteiger charge is 1.94. The molecule has 0 aliphatic heterocycles. The molecule has 0 spiro atoms. The Balaban J connectivity index is 2.71. The molecule has 1 aliphatic carbocycles. The topological polar surface area (TPSA) is 37.3 Å². The zero-order chi connectivity index (χ0) is 9.68. The van der Waals surface area contributed by atoms with Gasteiger partial charge in [-0.2, -0.15) is 0 Å². The van der Waals surface area contributed by atoms with Crippen LogP contribution >= 0.6 is 0 Å². The minimum Gasteiger partial charge on any atom is -0.478 e. The van der Waals surface area contributed by atoms with Gasteiger partial charge in [-0.05, 0) is 17.6 Å². The molecule has 13 heavy (non-hydrogen) atoms. The molecule has 2 heteroatoms. The molecule has 0 amide bonds. The fourth-order valence-electron chi connectivity index (χ4n) is 1.00. The number of aliphatic carboxylic acids is 1. The highest BCUT2D eigenvalue weighted by atomic mass is 16.4. The summed E-state index contributed by atoms with van der Waals surface area (Å²) in [6.07, 6.45) is 12.6. The van der Waals surface area contributed by atoms with Gasteiger partial charge in [-0.25, -0.2) is 4.79 Å². The van der Waals surface area contributed by atoms with Crippen molar-refractivity contribution < 1.29 is 9.90 Å². The number of carboxylic acid groups (broad SMARTS) is 1. The average Bonchev–Trinajstić information content (AvgIpc) is 2.27. The Morgan fingerprint density at radius 3 is 3.00 bits per heavy atom. The summed E-state index contributed by atoms with van der Waals surface area (Å²) in [5, 5.41) is 8.41. The van der Waals surface area contributed by atoms with E-state index in [1.165, 1.54) is 0 Å². The lowest BCUT2D eigenvalue weighted by atomic mass is 10.1. The SMILES string of the molecule is CC1C=CC=C(/C=C/C(=O)O)C=C1. The fourth-order valence-corrected chi connectivity index (χ4v) is 1.00. The van der Waals surface area contributed by atoms with Crippen LogP contribution in [0.2, 0.25) is 0 Å². The molecule has 1 N–H and O–H groups in total. The first-order chi connectivity index (χ1) is 6.18. The smallest absolute Gasteiger partial charge is 0.328 e. The maximum Gasteiger partial charge on any atom is 0.328 e. The molecule has 1 unspecified atom stereocenters. The fraction of sp³-hybridized carbons (Fsp3) is 0.182. The summed E-state index contributed by atoms with van der Waals surface area (Å²) in [7, 11) is 0. The number of rotatable bonds is 2. The molecule has 0 saturated carbocycles. The third kappa shape index (κ3) is 3.56. The largest absolute Gasteiger partial charge is 0.478 e. The average molecular weight is 176 g/mol. The lowest BCUT2D eigenvalue weighted by molar-refractivity contribution is -0.131. The van der Waals surface area contributed by atoms with E-state index in [4.69, 9.17) is 5.11 Å². The van der Waals surface area contributed by atoms with Crippen LogP contribution in [0.3, 0.4) is 0 Å². The van der Waals surface area contributed by atoms with Crippen LogP contribution < -0.4 is 0 Å². The lowest BCUT2D eigenvalue weighted by Crippen LogP contribution is -1.86. The van der Waals surface area contributed by atoms with Crippen molar-refractivity contribution in [2.24, 2.45) is 5.92 Å². The van der Waals surface area contributed by atoms with Crippen molar-refractivity contribution >= 4 is 5.97 Å². The van der Waals surface area contributed by atoms with Gasteiger partial charge in [0.1, 0.15) is 0 Å². The molecule has 1 aliphatic rings. The quantitative estimate of drug-likeness (QED) is 0.655. The van der Waals surface area contributed by atoms with Crippen LogP contribution in [-0.2, 0) is 4.79 Å². The summed E-state index contributed by atoms with van der Waals surface area (Å²) in [5.74, 6) is -0.512. The molecule has 0 bridgehead atoms. The van der Waals surface area contributed by atoms with E-state index in [0.717, 1.165) is 11.6 Å². The van der Waals surface area contributed by atoms with Crippen LogP contribution in [0.5, 0.6) is 0 Å². The number of carboxylic acids is 1. The van der Waals surface area contributed by atoms with Crippen molar-refractivity contribution in [3.8, 4) is 0 Å². The Labute approximate surface area is 77.6 Å². The van der Waals surface area contributed by atoms with E-state index in [1.54, 1.807) is 6.08 Å².